The molecular formula is C57H43N. The van der Waals surface area contributed by atoms with E-state index in [-0.39, 0.29) is 0 Å². The van der Waals surface area contributed by atoms with Crippen LogP contribution in [0.2, 0.25) is 0 Å². The molecule has 9 aromatic rings. The molecule has 10 rings (SSSR count). The maximum atomic E-state index is 2.54. The van der Waals surface area contributed by atoms with Gasteiger partial charge in [0.15, 0.2) is 0 Å². The molecule has 1 heteroatoms. The zero-order chi connectivity index (χ0) is 39.1. The van der Waals surface area contributed by atoms with Gasteiger partial charge in [0, 0.05) is 16.8 Å². The molecule has 0 atom stereocenters. The molecular weight excluding hydrogens is 699 g/mol. The minimum Gasteiger partial charge on any atom is -0.309 e. The third-order valence-electron chi connectivity index (χ3n) is 12.0. The van der Waals surface area contributed by atoms with E-state index in [0.717, 1.165) is 11.4 Å². The van der Waals surface area contributed by atoms with Gasteiger partial charge in [-0.05, 0) is 111 Å². The quantitative estimate of drug-likeness (QED) is 0.150. The first-order valence-electron chi connectivity index (χ1n) is 20.2. The maximum absolute atomic E-state index is 2.54. The van der Waals surface area contributed by atoms with Crippen LogP contribution < -0.4 is 4.90 Å². The highest BCUT2D eigenvalue weighted by Gasteiger charge is 2.47. The molecule has 0 N–H and O–H groups in total. The van der Waals surface area contributed by atoms with Gasteiger partial charge in [0.2, 0.25) is 0 Å². The summed E-state index contributed by atoms with van der Waals surface area (Å²) in [6, 6.07) is 82.4. The van der Waals surface area contributed by atoms with Crippen molar-refractivity contribution in [2.75, 3.05) is 4.90 Å². The van der Waals surface area contributed by atoms with Gasteiger partial charge in [-0.2, -0.15) is 0 Å². The predicted molar refractivity (Wildman–Crippen MR) is 244 cm³/mol. The van der Waals surface area contributed by atoms with Crippen LogP contribution in [0.3, 0.4) is 0 Å². The lowest BCUT2D eigenvalue weighted by Gasteiger charge is -2.35. The van der Waals surface area contributed by atoms with E-state index in [0.29, 0.717) is 0 Å². The second-order valence-electron chi connectivity index (χ2n) is 15.3. The smallest absolute Gasteiger partial charge is 0.0714 e. The molecule has 0 amide bonds. The molecule has 0 aliphatic heterocycles. The molecule has 0 radical (unpaired) electrons. The van der Waals surface area contributed by atoms with Crippen molar-refractivity contribution < 1.29 is 0 Å². The summed E-state index contributed by atoms with van der Waals surface area (Å²) in [5, 5.41) is 0. The molecule has 0 bridgehead atoms. The van der Waals surface area contributed by atoms with Crippen LogP contribution in [0.5, 0.6) is 0 Å². The van der Waals surface area contributed by atoms with Crippen molar-refractivity contribution in [1.29, 1.82) is 0 Å². The zero-order valence-electron chi connectivity index (χ0n) is 32.8. The van der Waals surface area contributed by atoms with E-state index in [4.69, 9.17) is 0 Å². The number of hydrogen-bond acceptors (Lipinski definition) is 1. The largest absolute Gasteiger partial charge is 0.309 e. The summed E-state index contributed by atoms with van der Waals surface area (Å²) in [5.74, 6) is 0. The summed E-state index contributed by atoms with van der Waals surface area (Å²) >= 11 is 0. The Hall–Kier alpha value is -7.22. The molecule has 0 fully saturated rings. The molecule has 276 valence electrons. The van der Waals surface area contributed by atoms with Gasteiger partial charge in [-0.1, -0.05) is 194 Å². The highest BCUT2D eigenvalue weighted by atomic mass is 15.2. The van der Waals surface area contributed by atoms with Crippen LogP contribution in [-0.2, 0) is 5.41 Å². The molecule has 9 aromatic carbocycles. The van der Waals surface area contributed by atoms with E-state index in [2.05, 4.69) is 243 Å². The van der Waals surface area contributed by atoms with Gasteiger partial charge in [-0.25, -0.2) is 0 Å². The van der Waals surface area contributed by atoms with Gasteiger partial charge in [-0.15, -0.1) is 0 Å². The van der Waals surface area contributed by atoms with Crippen LogP contribution in [0.4, 0.5) is 17.1 Å². The minimum atomic E-state index is -0.516. The first kappa shape index (κ1) is 35.2. The summed E-state index contributed by atoms with van der Waals surface area (Å²) in [7, 11) is 0. The third-order valence-corrected chi connectivity index (χ3v) is 12.0. The average molecular weight is 742 g/mol. The van der Waals surface area contributed by atoms with Gasteiger partial charge >= 0.3 is 0 Å². The van der Waals surface area contributed by atoms with Crippen molar-refractivity contribution in [1.82, 2.24) is 0 Å². The topological polar surface area (TPSA) is 3.24 Å². The Morgan fingerprint density at radius 1 is 0.345 bits per heavy atom. The van der Waals surface area contributed by atoms with Crippen LogP contribution in [0, 0.1) is 13.8 Å². The SMILES string of the molecule is Cc1ccccc1-c1cc(-c2ccccc2)cc(C)c1N(c1ccc(-c2ccccc2)cc1)c1cccc2c1-c1ccccc1C2(c1ccccc1)c1ccccc1. The Labute approximate surface area is 342 Å². The number of aryl methyl sites for hydroxylation is 2. The van der Waals surface area contributed by atoms with Gasteiger partial charge in [0.25, 0.3) is 0 Å². The van der Waals surface area contributed by atoms with Crippen LogP contribution in [0.25, 0.3) is 44.5 Å². The van der Waals surface area contributed by atoms with E-state index >= 15 is 0 Å². The van der Waals surface area contributed by atoms with Gasteiger partial charge < -0.3 is 4.90 Å². The third kappa shape index (κ3) is 5.78. The fourth-order valence-corrected chi connectivity index (χ4v) is 9.44. The first-order chi connectivity index (χ1) is 28.6. The van der Waals surface area contributed by atoms with Gasteiger partial charge in [-0.3, -0.25) is 0 Å². The Morgan fingerprint density at radius 2 is 0.845 bits per heavy atom. The normalized spacial score (nSPS) is 12.4. The van der Waals surface area contributed by atoms with Crippen LogP contribution in [0.15, 0.2) is 224 Å². The molecule has 0 aromatic heterocycles. The second kappa shape index (κ2) is 14.7. The Bertz CT molecular complexity index is 2840. The number of rotatable bonds is 8. The molecule has 0 saturated heterocycles. The molecule has 0 spiro atoms. The molecule has 0 saturated carbocycles. The highest BCUT2D eigenvalue weighted by molar-refractivity contribution is 6.01. The Kier molecular flexibility index (Phi) is 8.92. The van der Waals surface area contributed by atoms with Gasteiger partial charge in [0.1, 0.15) is 0 Å². The zero-order valence-corrected chi connectivity index (χ0v) is 32.8. The van der Waals surface area contributed by atoms with Crippen LogP contribution >= 0.6 is 0 Å². The summed E-state index contributed by atoms with van der Waals surface area (Å²) in [5.41, 5.74) is 20.2. The van der Waals surface area contributed by atoms with E-state index in [1.54, 1.807) is 0 Å². The molecule has 1 aliphatic rings. The average Bonchev–Trinajstić information content (AvgIpc) is 3.60. The number of benzene rings is 9. The molecule has 58 heavy (non-hydrogen) atoms. The van der Waals surface area contributed by atoms with Crippen molar-refractivity contribution in [2.45, 2.75) is 19.3 Å². The van der Waals surface area contributed by atoms with Gasteiger partial charge in [0.05, 0.1) is 16.8 Å². The van der Waals surface area contributed by atoms with Crippen molar-refractivity contribution >= 4 is 17.1 Å². The van der Waals surface area contributed by atoms with E-state index < -0.39 is 5.41 Å². The van der Waals surface area contributed by atoms with E-state index in [1.807, 2.05) is 0 Å². The summed E-state index contributed by atoms with van der Waals surface area (Å²) in [6.07, 6.45) is 0. The van der Waals surface area contributed by atoms with Crippen LogP contribution in [-0.4, -0.2) is 0 Å². The molecule has 0 unspecified atom stereocenters. The highest BCUT2D eigenvalue weighted by Crippen LogP contribution is 2.60. The number of fused-ring (bicyclic) bond motifs is 3. The summed E-state index contributed by atoms with van der Waals surface area (Å²) in [4.78, 5) is 2.54. The number of nitrogens with zero attached hydrogens (tertiary/aromatic N) is 1. The first-order valence-corrected chi connectivity index (χ1v) is 20.2. The fourth-order valence-electron chi connectivity index (χ4n) is 9.44. The lowest BCUT2D eigenvalue weighted by Crippen LogP contribution is -2.28. The van der Waals surface area contributed by atoms with Crippen LogP contribution in [0.1, 0.15) is 33.4 Å². The second-order valence-corrected chi connectivity index (χ2v) is 15.3. The molecule has 1 nitrogen and oxygen atoms in total. The lowest BCUT2D eigenvalue weighted by molar-refractivity contribution is 0.768. The number of anilines is 3. The van der Waals surface area contributed by atoms with Crippen molar-refractivity contribution in [2.24, 2.45) is 0 Å². The molecule has 1 aliphatic carbocycles. The molecule has 0 heterocycles. The fraction of sp³-hybridized carbons (Fsp3) is 0.0526. The Morgan fingerprint density at radius 3 is 1.47 bits per heavy atom. The maximum Gasteiger partial charge on any atom is 0.0714 e. The summed E-state index contributed by atoms with van der Waals surface area (Å²) in [6.45, 7) is 4.51. The van der Waals surface area contributed by atoms with E-state index in [1.165, 1.54) is 83.6 Å². The number of hydrogen-bond donors (Lipinski definition) is 0. The Balaban J connectivity index is 1.31. The summed E-state index contributed by atoms with van der Waals surface area (Å²) < 4.78 is 0. The standard InChI is InChI=1S/C57H43N/c1-40-20-15-16-29-49(40)51-39-45(43-23-9-4-10-24-43)38-41(2)56(51)58(48-36-34-44(35-37-48)42-21-7-3-8-22-42)54-33-19-32-53-55(54)50-30-17-18-31-52(50)57(53,46-25-11-5-12-26-46)47-27-13-6-14-28-47/h3-39H,1-2H3. The minimum absolute atomic E-state index is 0.516. The van der Waals surface area contributed by atoms with Crippen molar-refractivity contribution in [3.63, 3.8) is 0 Å². The van der Waals surface area contributed by atoms with Crippen molar-refractivity contribution in [3.8, 4) is 44.5 Å². The lowest BCUT2D eigenvalue weighted by atomic mass is 9.68. The van der Waals surface area contributed by atoms with E-state index in [9.17, 15) is 0 Å². The predicted octanol–water partition coefficient (Wildman–Crippen LogP) is 15.1. The van der Waals surface area contributed by atoms with Crippen molar-refractivity contribution in [3.05, 3.63) is 258 Å². The monoisotopic (exact) mass is 741 g/mol.